The maximum atomic E-state index is 11.9. The van der Waals surface area contributed by atoms with Crippen LogP contribution in [0.5, 0.6) is 0 Å². The lowest BCUT2D eigenvalue weighted by Gasteiger charge is -2.23. The average molecular weight is 292 g/mol. The third-order valence-corrected chi connectivity index (χ3v) is 3.23. The molecule has 0 aromatic carbocycles. The van der Waals surface area contributed by atoms with Gasteiger partial charge in [-0.3, -0.25) is 0 Å². The van der Waals surface area contributed by atoms with Crippen molar-refractivity contribution in [1.82, 2.24) is 10.2 Å². The fraction of sp³-hybridized carbons (Fsp3) is 0.833. The summed E-state index contributed by atoms with van der Waals surface area (Å²) in [4.78, 5) is 24.5. The van der Waals surface area contributed by atoms with E-state index in [1.54, 1.807) is 16.7 Å². The summed E-state index contributed by atoms with van der Waals surface area (Å²) in [6.45, 7) is 5.78. The third kappa shape index (κ3) is 7.94. The molecule has 0 spiro atoms. The number of likely N-dealkylation sites (N-methyl/N-ethyl adjacent to an activating group) is 1. The van der Waals surface area contributed by atoms with Gasteiger partial charge in [0.1, 0.15) is 6.04 Å². The lowest BCUT2D eigenvalue weighted by atomic mass is 10.2. The van der Waals surface area contributed by atoms with Crippen molar-refractivity contribution in [2.75, 3.05) is 38.3 Å². The van der Waals surface area contributed by atoms with Crippen molar-refractivity contribution in [3.63, 3.8) is 0 Å². The molecule has 19 heavy (non-hydrogen) atoms. The van der Waals surface area contributed by atoms with Crippen LogP contribution in [0.15, 0.2) is 0 Å². The predicted molar refractivity (Wildman–Crippen MR) is 76.7 cm³/mol. The van der Waals surface area contributed by atoms with E-state index in [4.69, 9.17) is 9.84 Å². The van der Waals surface area contributed by atoms with E-state index in [2.05, 4.69) is 5.32 Å². The molecule has 112 valence electrons. The molecule has 1 atom stereocenters. The maximum absolute atomic E-state index is 11.9. The summed E-state index contributed by atoms with van der Waals surface area (Å²) in [6.07, 6.45) is 2.33. The molecule has 0 bridgehead atoms. The quantitative estimate of drug-likeness (QED) is 0.593. The smallest absolute Gasteiger partial charge is 0.326 e. The van der Waals surface area contributed by atoms with Crippen LogP contribution in [0.2, 0.25) is 0 Å². The van der Waals surface area contributed by atoms with E-state index in [0.29, 0.717) is 38.5 Å². The number of thioether (sulfide) groups is 1. The third-order valence-electron chi connectivity index (χ3n) is 2.59. The number of rotatable bonds is 10. The first kappa shape index (κ1) is 18.0. The summed E-state index contributed by atoms with van der Waals surface area (Å²) in [5.74, 6) is -0.300. The molecule has 0 aliphatic carbocycles. The minimum atomic E-state index is -0.997. The van der Waals surface area contributed by atoms with Crippen molar-refractivity contribution in [3.05, 3.63) is 0 Å². The lowest BCUT2D eigenvalue weighted by Crippen LogP contribution is -2.49. The molecule has 0 aliphatic rings. The Morgan fingerprint density at radius 1 is 1.42 bits per heavy atom. The first-order valence-electron chi connectivity index (χ1n) is 6.41. The number of aliphatic carboxylic acids is 1. The summed E-state index contributed by atoms with van der Waals surface area (Å²) >= 11 is 1.56. The standard InChI is InChI=1S/C12H24N2O4S/c1-4-14(7-8-18-5-2)12(17)13-10(11(15)16)6-9-19-3/h10H,4-9H2,1-3H3,(H,13,17)(H,15,16). The minimum absolute atomic E-state index is 0.351. The molecular formula is C12H24N2O4S. The second kappa shape index (κ2) is 10.9. The minimum Gasteiger partial charge on any atom is -0.480 e. The largest absolute Gasteiger partial charge is 0.480 e. The molecule has 2 amide bonds. The van der Waals surface area contributed by atoms with Crippen LogP contribution in [-0.4, -0.2) is 66.4 Å². The molecule has 0 saturated heterocycles. The van der Waals surface area contributed by atoms with E-state index in [-0.39, 0.29) is 6.03 Å². The molecule has 0 aromatic heterocycles. The zero-order chi connectivity index (χ0) is 14.7. The molecule has 0 fully saturated rings. The van der Waals surface area contributed by atoms with Gasteiger partial charge in [-0.15, -0.1) is 0 Å². The maximum Gasteiger partial charge on any atom is 0.326 e. The van der Waals surface area contributed by atoms with Crippen LogP contribution < -0.4 is 5.32 Å². The number of carbonyl (C=O) groups is 2. The van der Waals surface area contributed by atoms with Crippen LogP contribution in [0.25, 0.3) is 0 Å². The van der Waals surface area contributed by atoms with Gasteiger partial charge in [-0.2, -0.15) is 11.8 Å². The Bertz CT molecular complexity index is 276. The van der Waals surface area contributed by atoms with E-state index in [9.17, 15) is 9.59 Å². The van der Waals surface area contributed by atoms with E-state index < -0.39 is 12.0 Å². The zero-order valence-corrected chi connectivity index (χ0v) is 12.7. The molecule has 0 heterocycles. The van der Waals surface area contributed by atoms with Gasteiger partial charge in [-0.1, -0.05) is 0 Å². The number of urea groups is 1. The molecule has 0 aliphatic heterocycles. The highest BCUT2D eigenvalue weighted by Crippen LogP contribution is 2.02. The molecule has 0 radical (unpaired) electrons. The van der Waals surface area contributed by atoms with Gasteiger partial charge in [-0.05, 0) is 32.3 Å². The highest BCUT2D eigenvalue weighted by atomic mass is 32.2. The Labute approximate surface area is 118 Å². The molecular weight excluding hydrogens is 268 g/mol. The second-order valence-electron chi connectivity index (χ2n) is 3.90. The van der Waals surface area contributed by atoms with Crippen LogP contribution in [0.1, 0.15) is 20.3 Å². The molecule has 6 nitrogen and oxygen atoms in total. The second-order valence-corrected chi connectivity index (χ2v) is 4.88. The van der Waals surface area contributed by atoms with Crippen LogP contribution >= 0.6 is 11.8 Å². The fourth-order valence-corrected chi connectivity index (χ4v) is 1.93. The summed E-state index contributed by atoms with van der Waals surface area (Å²) < 4.78 is 5.19. The van der Waals surface area contributed by atoms with Gasteiger partial charge in [0.25, 0.3) is 0 Å². The van der Waals surface area contributed by atoms with Gasteiger partial charge in [0.05, 0.1) is 6.61 Å². The number of nitrogens with zero attached hydrogens (tertiary/aromatic N) is 1. The number of amides is 2. The Morgan fingerprint density at radius 3 is 2.58 bits per heavy atom. The van der Waals surface area contributed by atoms with Crippen molar-refractivity contribution in [3.8, 4) is 0 Å². The van der Waals surface area contributed by atoms with Crippen LogP contribution in [-0.2, 0) is 9.53 Å². The number of hydrogen-bond donors (Lipinski definition) is 2. The van der Waals surface area contributed by atoms with Crippen molar-refractivity contribution >= 4 is 23.8 Å². The SMILES string of the molecule is CCOCCN(CC)C(=O)NC(CCSC)C(=O)O. The Morgan fingerprint density at radius 2 is 2.11 bits per heavy atom. The van der Waals surface area contributed by atoms with Crippen molar-refractivity contribution < 1.29 is 19.4 Å². The fourth-order valence-electron chi connectivity index (χ4n) is 1.46. The average Bonchev–Trinajstić information content (AvgIpc) is 2.39. The molecule has 0 aromatic rings. The van der Waals surface area contributed by atoms with Crippen molar-refractivity contribution in [1.29, 1.82) is 0 Å². The topological polar surface area (TPSA) is 78.9 Å². The zero-order valence-electron chi connectivity index (χ0n) is 11.8. The Hall–Kier alpha value is -0.950. The Kier molecular flexibility index (Phi) is 10.4. The number of nitrogens with one attached hydrogen (secondary N) is 1. The number of ether oxygens (including phenoxy) is 1. The van der Waals surface area contributed by atoms with E-state index in [1.807, 2.05) is 20.1 Å². The number of carbonyl (C=O) groups excluding carboxylic acids is 1. The summed E-state index contributed by atoms with van der Waals surface area (Å²) in [6, 6.07) is -1.18. The van der Waals surface area contributed by atoms with Crippen molar-refractivity contribution in [2.45, 2.75) is 26.3 Å². The highest BCUT2D eigenvalue weighted by Gasteiger charge is 2.21. The predicted octanol–water partition coefficient (Wildman–Crippen LogP) is 1.26. The normalized spacial score (nSPS) is 11.9. The molecule has 0 rings (SSSR count). The number of carboxylic acids is 1. The van der Waals surface area contributed by atoms with E-state index >= 15 is 0 Å². The van der Waals surface area contributed by atoms with E-state index in [0.717, 1.165) is 0 Å². The van der Waals surface area contributed by atoms with Gasteiger partial charge < -0.3 is 20.1 Å². The lowest BCUT2D eigenvalue weighted by molar-refractivity contribution is -0.139. The molecule has 1 unspecified atom stereocenters. The Balaban J connectivity index is 4.29. The summed E-state index contributed by atoms with van der Waals surface area (Å²) in [5, 5.41) is 11.6. The van der Waals surface area contributed by atoms with Crippen LogP contribution in [0.4, 0.5) is 4.79 Å². The first-order chi connectivity index (χ1) is 9.06. The van der Waals surface area contributed by atoms with Gasteiger partial charge >= 0.3 is 12.0 Å². The number of hydrogen-bond acceptors (Lipinski definition) is 4. The first-order valence-corrected chi connectivity index (χ1v) is 7.81. The summed E-state index contributed by atoms with van der Waals surface area (Å²) in [7, 11) is 0. The molecule has 0 saturated carbocycles. The molecule has 2 N–H and O–H groups in total. The van der Waals surface area contributed by atoms with Crippen LogP contribution in [0.3, 0.4) is 0 Å². The van der Waals surface area contributed by atoms with E-state index in [1.165, 1.54) is 0 Å². The van der Waals surface area contributed by atoms with Gasteiger partial charge in [0.2, 0.25) is 0 Å². The van der Waals surface area contributed by atoms with Gasteiger partial charge in [0, 0.05) is 19.7 Å². The van der Waals surface area contributed by atoms with Gasteiger partial charge in [0.15, 0.2) is 0 Å². The highest BCUT2D eigenvalue weighted by molar-refractivity contribution is 7.98. The van der Waals surface area contributed by atoms with Gasteiger partial charge in [-0.25, -0.2) is 9.59 Å². The monoisotopic (exact) mass is 292 g/mol. The van der Waals surface area contributed by atoms with Crippen LogP contribution in [0, 0.1) is 0 Å². The summed E-state index contributed by atoms with van der Waals surface area (Å²) in [5.41, 5.74) is 0. The van der Waals surface area contributed by atoms with Crippen molar-refractivity contribution in [2.24, 2.45) is 0 Å². The number of carboxylic acid groups (broad SMARTS) is 1. The molecule has 7 heteroatoms.